The Bertz CT molecular complexity index is 374. The molecule has 0 saturated carbocycles. The van der Waals surface area contributed by atoms with Crippen LogP contribution in [-0.4, -0.2) is 45.1 Å². The monoisotopic (exact) mass is 294 g/mol. The summed E-state index contributed by atoms with van der Waals surface area (Å²) in [6, 6.07) is 0. The standard InChI is InChI=1S/C12H22O6S/c1-3-17-11(13)8-6-5-7-9-19(15,16)10-12(14)18-4-2/h3-10H2,1-2H3. The highest BCUT2D eigenvalue weighted by molar-refractivity contribution is 7.92. The molecule has 19 heavy (non-hydrogen) atoms. The quantitative estimate of drug-likeness (QED) is 0.443. The van der Waals surface area contributed by atoms with Crippen molar-refractivity contribution in [3.05, 3.63) is 0 Å². The van der Waals surface area contributed by atoms with Crippen LogP contribution in [0, 0.1) is 0 Å². The molecule has 0 bridgehead atoms. The second-order valence-corrected chi connectivity index (χ2v) is 6.20. The molecule has 0 aliphatic heterocycles. The summed E-state index contributed by atoms with van der Waals surface area (Å²) in [6.07, 6.45) is 1.93. The highest BCUT2D eigenvalue weighted by atomic mass is 32.2. The predicted octanol–water partition coefficient (Wildman–Crippen LogP) is 1.09. The maximum absolute atomic E-state index is 11.5. The average Bonchev–Trinajstić information content (AvgIpc) is 2.28. The van der Waals surface area contributed by atoms with E-state index in [9.17, 15) is 18.0 Å². The Kier molecular flexibility index (Phi) is 9.20. The third-order valence-electron chi connectivity index (χ3n) is 2.28. The maximum Gasteiger partial charge on any atom is 0.321 e. The van der Waals surface area contributed by atoms with Crippen LogP contribution in [0.3, 0.4) is 0 Å². The van der Waals surface area contributed by atoms with Crippen molar-refractivity contribution in [2.45, 2.75) is 39.5 Å². The van der Waals surface area contributed by atoms with Crippen LogP contribution in [0.25, 0.3) is 0 Å². The minimum absolute atomic E-state index is 0.0609. The van der Waals surface area contributed by atoms with E-state index in [-0.39, 0.29) is 18.3 Å². The van der Waals surface area contributed by atoms with Crippen molar-refractivity contribution in [3.8, 4) is 0 Å². The van der Waals surface area contributed by atoms with E-state index in [0.717, 1.165) is 0 Å². The zero-order valence-corrected chi connectivity index (χ0v) is 12.3. The number of hydrogen-bond donors (Lipinski definition) is 0. The number of ether oxygens (including phenoxy) is 2. The Morgan fingerprint density at radius 1 is 0.895 bits per heavy atom. The van der Waals surface area contributed by atoms with Crippen LogP contribution in [0.2, 0.25) is 0 Å². The molecular weight excluding hydrogens is 272 g/mol. The van der Waals surface area contributed by atoms with E-state index in [1.165, 1.54) is 0 Å². The summed E-state index contributed by atoms with van der Waals surface area (Å²) < 4.78 is 32.4. The molecule has 6 nitrogen and oxygen atoms in total. The van der Waals surface area contributed by atoms with Gasteiger partial charge >= 0.3 is 11.9 Å². The molecule has 0 atom stereocenters. The van der Waals surface area contributed by atoms with Crippen LogP contribution in [0.1, 0.15) is 39.5 Å². The Balaban J connectivity index is 3.75. The van der Waals surface area contributed by atoms with Crippen LogP contribution >= 0.6 is 0 Å². The lowest BCUT2D eigenvalue weighted by molar-refractivity contribution is -0.143. The van der Waals surface area contributed by atoms with Gasteiger partial charge in [0.25, 0.3) is 0 Å². The second kappa shape index (κ2) is 9.77. The summed E-state index contributed by atoms with van der Waals surface area (Å²) in [5.41, 5.74) is 0. The van der Waals surface area contributed by atoms with E-state index >= 15 is 0 Å². The molecule has 7 heteroatoms. The second-order valence-electron chi connectivity index (χ2n) is 4.01. The molecule has 0 aromatic carbocycles. The number of sulfone groups is 1. The van der Waals surface area contributed by atoms with E-state index in [1.807, 2.05) is 0 Å². The maximum atomic E-state index is 11.5. The van der Waals surface area contributed by atoms with Gasteiger partial charge < -0.3 is 9.47 Å². The lowest BCUT2D eigenvalue weighted by Gasteiger charge is -2.04. The van der Waals surface area contributed by atoms with Gasteiger partial charge in [0.2, 0.25) is 0 Å². The number of esters is 2. The fraction of sp³-hybridized carbons (Fsp3) is 0.833. The van der Waals surface area contributed by atoms with E-state index in [0.29, 0.717) is 32.3 Å². The zero-order chi connectivity index (χ0) is 14.7. The number of carbonyl (C=O) groups is 2. The van der Waals surface area contributed by atoms with Gasteiger partial charge in [-0.15, -0.1) is 0 Å². The largest absolute Gasteiger partial charge is 0.466 e. The molecule has 0 aromatic heterocycles. The van der Waals surface area contributed by atoms with Crippen LogP contribution < -0.4 is 0 Å². The highest BCUT2D eigenvalue weighted by Gasteiger charge is 2.17. The molecule has 0 aromatic rings. The van der Waals surface area contributed by atoms with E-state index < -0.39 is 21.6 Å². The molecular formula is C12H22O6S. The van der Waals surface area contributed by atoms with Gasteiger partial charge in [0.1, 0.15) is 5.75 Å². The van der Waals surface area contributed by atoms with Crippen molar-refractivity contribution in [3.63, 3.8) is 0 Å². The predicted molar refractivity (Wildman–Crippen MR) is 70.4 cm³/mol. The van der Waals surface area contributed by atoms with Gasteiger partial charge in [0.05, 0.1) is 19.0 Å². The summed E-state index contributed by atoms with van der Waals surface area (Å²) in [7, 11) is -3.40. The molecule has 0 N–H and O–H groups in total. The van der Waals surface area contributed by atoms with Crippen molar-refractivity contribution >= 4 is 21.8 Å². The van der Waals surface area contributed by atoms with Gasteiger partial charge in [0.15, 0.2) is 9.84 Å². The lowest BCUT2D eigenvalue weighted by Crippen LogP contribution is -2.21. The summed E-state index contributed by atoms with van der Waals surface area (Å²) >= 11 is 0. The third kappa shape index (κ3) is 10.5. The first-order chi connectivity index (χ1) is 8.91. The minimum Gasteiger partial charge on any atom is -0.466 e. The van der Waals surface area contributed by atoms with Crippen molar-refractivity contribution in [2.24, 2.45) is 0 Å². The molecule has 0 saturated heterocycles. The Hall–Kier alpha value is -1.11. The smallest absolute Gasteiger partial charge is 0.321 e. The van der Waals surface area contributed by atoms with Crippen molar-refractivity contribution in [1.29, 1.82) is 0 Å². The first kappa shape index (κ1) is 17.9. The van der Waals surface area contributed by atoms with E-state index in [4.69, 9.17) is 4.74 Å². The van der Waals surface area contributed by atoms with Crippen LogP contribution in [0.15, 0.2) is 0 Å². The molecule has 0 rings (SSSR count). The Labute approximate surface area is 114 Å². The number of hydrogen-bond acceptors (Lipinski definition) is 6. The number of rotatable bonds is 10. The minimum atomic E-state index is -3.40. The first-order valence-corrected chi connectivity index (χ1v) is 8.25. The van der Waals surface area contributed by atoms with Gasteiger partial charge in [-0.25, -0.2) is 8.42 Å². The van der Waals surface area contributed by atoms with Gasteiger partial charge in [-0.2, -0.15) is 0 Å². The molecule has 0 aliphatic rings. The average molecular weight is 294 g/mol. The molecule has 0 radical (unpaired) electrons. The molecule has 0 aliphatic carbocycles. The fourth-order valence-corrected chi connectivity index (χ4v) is 2.69. The van der Waals surface area contributed by atoms with Crippen molar-refractivity contribution in [2.75, 3.05) is 24.7 Å². The summed E-state index contributed by atoms with van der Waals surface area (Å²) in [5, 5.41) is 0. The molecule has 0 fully saturated rings. The van der Waals surface area contributed by atoms with E-state index in [2.05, 4.69) is 4.74 Å². The van der Waals surface area contributed by atoms with Gasteiger partial charge in [0, 0.05) is 6.42 Å². The van der Waals surface area contributed by atoms with Gasteiger partial charge in [-0.05, 0) is 26.7 Å². The summed E-state index contributed by atoms with van der Waals surface area (Å²) in [4.78, 5) is 22.1. The topological polar surface area (TPSA) is 86.7 Å². The molecule has 0 amide bonds. The lowest BCUT2D eigenvalue weighted by atomic mass is 10.2. The molecule has 0 unspecified atom stereocenters. The van der Waals surface area contributed by atoms with E-state index in [1.54, 1.807) is 13.8 Å². The van der Waals surface area contributed by atoms with Gasteiger partial charge in [-0.3, -0.25) is 9.59 Å². The Morgan fingerprint density at radius 3 is 2.05 bits per heavy atom. The van der Waals surface area contributed by atoms with Crippen molar-refractivity contribution in [1.82, 2.24) is 0 Å². The molecule has 0 spiro atoms. The molecule has 112 valence electrons. The zero-order valence-electron chi connectivity index (χ0n) is 11.5. The normalized spacial score (nSPS) is 11.1. The SMILES string of the molecule is CCOC(=O)CCCCCS(=O)(=O)CC(=O)OCC. The Morgan fingerprint density at radius 2 is 1.47 bits per heavy atom. The van der Waals surface area contributed by atoms with Gasteiger partial charge in [-0.1, -0.05) is 6.42 Å². The number of carbonyl (C=O) groups excluding carboxylic acids is 2. The number of unbranched alkanes of at least 4 members (excludes halogenated alkanes) is 2. The fourth-order valence-electron chi connectivity index (χ4n) is 1.46. The van der Waals surface area contributed by atoms with Crippen LogP contribution in [0.5, 0.6) is 0 Å². The van der Waals surface area contributed by atoms with Crippen LogP contribution in [-0.2, 0) is 28.9 Å². The highest BCUT2D eigenvalue weighted by Crippen LogP contribution is 2.05. The summed E-state index contributed by atoms with van der Waals surface area (Å²) in [5.74, 6) is -1.61. The first-order valence-electron chi connectivity index (χ1n) is 6.43. The molecule has 0 heterocycles. The van der Waals surface area contributed by atoms with Crippen molar-refractivity contribution < 1.29 is 27.5 Å². The summed E-state index contributed by atoms with van der Waals surface area (Å²) in [6.45, 7) is 3.89. The third-order valence-corrected chi connectivity index (χ3v) is 3.87. The van der Waals surface area contributed by atoms with Crippen LogP contribution in [0.4, 0.5) is 0 Å².